The molecule has 3 atom stereocenters. The van der Waals surface area contributed by atoms with Crippen molar-refractivity contribution in [2.24, 2.45) is 11.3 Å². The fourth-order valence-electron chi connectivity index (χ4n) is 5.76. The van der Waals surface area contributed by atoms with Gasteiger partial charge < -0.3 is 23.9 Å². The van der Waals surface area contributed by atoms with E-state index in [1.165, 1.54) is 6.07 Å². The highest BCUT2D eigenvalue weighted by Crippen LogP contribution is 2.56. The molecule has 3 rings (SSSR count). The van der Waals surface area contributed by atoms with Gasteiger partial charge in [0.2, 0.25) is 0 Å². The number of aromatic carboxylic acids is 1. The van der Waals surface area contributed by atoms with Gasteiger partial charge in [-0.1, -0.05) is 47.5 Å². The zero-order chi connectivity index (χ0) is 26.6. The molecule has 0 bridgehead atoms. The van der Waals surface area contributed by atoms with E-state index in [1.807, 2.05) is 6.07 Å². The van der Waals surface area contributed by atoms with Crippen molar-refractivity contribution in [3.05, 3.63) is 45.7 Å². The lowest BCUT2D eigenvalue weighted by Crippen LogP contribution is -2.39. The third-order valence-corrected chi connectivity index (χ3v) is 7.62. The fraction of sp³-hybridized carbons (Fsp3) is 0.586. The number of ether oxygens (including phenoxy) is 3. The summed E-state index contributed by atoms with van der Waals surface area (Å²) in [7, 11) is 3.27. The summed E-state index contributed by atoms with van der Waals surface area (Å²) >= 11 is 0. The third kappa shape index (κ3) is 5.31. The Morgan fingerprint density at radius 3 is 2.44 bits per heavy atom. The SMILES string of the molecule is CCCC(C)(C)[C@@H]1[C@H](C(C)CC)c2cc(OCCCOC)c(OC)cc2-c2cc(=O)c(C(=O)O)cn21. The standard InChI is InChI=1S/C29H41NO6/c1-8-11-29(4,5)27-26(18(3)9-2)20-15-25(36-13-10-12-34-6)24(35-7)14-19(20)22-16-23(31)21(28(32)33)17-30(22)27/h14-18,26-27H,8-13H2,1-7H3,(H,32,33)/t18?,26-,27+/m1/s1. The summed E-state index contributed by atoms with van der Waals surface area (Å²) in [6.07, 6.45) is 5.24. The summed E-state index contributed by atoms with van der Waals surface area (Å²) < 4.78 is 19.0. The topological polar surface area (TPSA) is 87.0 Å². The van der Waals surface area contributed by atoms with E-state index in [0.29, 0.717) is 30.6 Å². The van der Waals surface area contributed by atoms with Crippen LogP contribution in [0.25, 0.3) is 11.3 Å². The largest absolute Gasteiger partial charge is 0.493 e. The first-order valence-corrected chi connectivity index (χ1v) is 12.9. The smallest absolute Gasteiger partial charge is 0.341 e. The second-order valence-electron chi connectivity index (χ2n) is 10.5. The quantitative estimate of drug-likeness (QED) is 0.353. The second kappa shape index (κ2) is 11.5. The van der Waals surface area contributed by atoms with Gasteiger partial charge >= 0.3 is 5.97 Å². The maximum Gasteiger partial charge on any atom is 0.341 e. The lowest BCUT2D eigenvalue weighted by Gasteiger charge is -2.48. The molecule has 0 saturated carbocycles. The Hall–Kier alpha value is -2.80. The third-order valence-electron chi connectivity index (χ3n) is 7.62. The van der Waals surface area contributed by atoms with Crippen LogP contribution >= 0.6 is 0 Å². The van der Waals surface area contributed by atoms with Crippen molar-refractivity contribution in [2.75, 3.05) is 27.4 Å². The van der Waals surface area contributed by atoms with Crippen LogP contribution in [0.15, 0.2) is 29.2 Å². The number of carbonyl (C=O) groups is 1. The Morgan fingerprint density at radius 1 is 1.14 bits per heavy atom. The van der Waals surface area contributed by atoms with Gasteiger partial charge in [-0.3, -0.25) is 4.79 Å². The zero-order valence-corrected chi connectivity index (χ0v) is 22.7. The number of hydrogen-bond acceptors (Lipinski definition) is 5. The molecular weight excluding hydrogens is 458 g/mol. The van der Waals surface area contributed by atoms with E-state index in [2.05, 4.69) is 45.3 Å². The molecule has 0 radical (unpaired) electrons. The predicted molar refractivity (Wildman–Crippen MR) is 142 cm³/mol. The molecule has 1 aromatic heterocycles. The van der Waals surface area contributed by atoms with Gasteiger partial charge in [-0.25, -0.2) is 4.79 Å². The number of carboxylic acids is 1. The van der Waals surface area contributed by atoms with Crippen molar-refractivity contribution in [3.63, 3.8) is 0 Å². The highest BCUT2D eigenvalue weighted by Gasteiger charge is 2.44. The molecule has 7 heteroatoms. The van der Waals surface area contributed by atoms with Crippen molar-refractivity contribution < 1.29 is 24.1 Å². The van der Waals surface area contributed by atoms with Crippen molar-refractivity contribution in [1.82, 2.24) is 4.57 Å². The molecule has 198 valence electrons. The average molecular weight is 500 g/mol. The molecule has 1 aliphatic rings. The molecule has 0 saturated heterocycles. The Morgan fingerprint density at radius 2 is 1.86 bits per heavy atom. The van der Waals surface area contributed by atoms with Crippen LogP contribution in [-0.4, -0.2) is 43.1 Å². The Labute approximate surface area is 214 Å². The van der Waals surface area contributed by atoms with E-state index >= 15 is 0 Å². The van der Waals surface area contributed by atoms with Crippen LogP contribution in [0.5, 0.6) is 11.5 Å². The molecular formula is C29H41NO6. The molecule has 2 aromatic rings. The lowest BCUT2D eigenvalue weighted by atomic mass is 9.65. The molecule has 1 unspecified atom stereocenters. The predicted octanol–water partition coefficient (Wildman–Crippen LogP) is 6.15. The van der Waals surface area contributed by atoms with Gasteiger partial charge in [0.05, 0.1) is 19.4 Å². The van der Waals surface area contributed by atoms with Crippen LogP contribution in [0.2, 0.25) is 0 Å². The Balaban J connectivity index is 2.34. The summed E-state index contributed by atoms with van der Waals surface area (Å²) in [6.45, 7) is 12.2. The fourth-order valence-corrected chi connectivity index (χ4v) is 5.76. The maximum atomic E-state index is 12.9. The summed E-state index contributed by atoms with van der Waals surface area (Å²) in [6, 6.07) is 5.45. The minimum absolute atomic E-state index is 0.0386. The van der Waals surface area contributed by atoms with Gasteiger partial charge in [-0.05, 0) is 35.4 Å². The van der Waals surface area contributed by atoms with E-state index in [9.17, 15) is 14.7 Å². The summed E-state index contributed by atoms with van der Waals surface area (Å²) in [5.41, 5.74) is 1.88. The second-order valence-corrected chi connectivity index (χ2v) is 10.5. The molecule has 1 aliphatic heterocycles. The number of carboxylic acid groups (broad SMARTS) is 1. The van der Waals surface area contributed by atoms with E-state index < -0.39 is 11.4 Å². The average Bonchev–Trinajstić information content (AvgIpc) is 2.84. The van der Waals surface area contributed by atoms with Crippen LogP contribution in [0.1, 0.15) is 88.2 Å². The van der Waals surface area contributed by atoms with Crippen LogP contribution in [0, 0.1) is 11.3 Å². The van der Waals surface area contributed by atoms with Crippen molar-refractivity contribution in [3.8, 4) is 22.8 Å². The highest BCUT2D eigenvalue weighted by atomic mass is 16.5. The molecule has 7 nitrogen and oxygen atoms in total. The summed E-state index contributed by atoms with van der Waals surface area (Å²) in [4.78, 5) is 24.8. The first-order chi connectivity index (χ1) is 17.1. The van der Waals surface area contributed by atoms with Crippen LogP contribution < -0.4 is 14.9 Å². The molecule has 0 aliphatic carbocycles. The van der Waals surface area contributed by atoms with E-state index in [4.69, 9.17) is 14.2 Å². The van der Waals surface area contributed by atoms with E-state index in [-0.39, 0.29) is 22.9 Å². The van der Waals surface area contributed by atoms with Gasteiger partial charge in [0, 0.05) is 49.9 Å². The number of aromatic nitrogens is 1. The van der Waals surface area contributed by atoms with Gasteiger partial charge in [-0.15, -0.1) is 0 Å². The molecule has 0 spiro atoms. The van der Waals surface area contributed by atoms with E-state index in [1.54, 1.807) is 20.4 Å². The molecule has 2 heterocycles. The van der Waals surface area contributed by atoms with Crippen molar-refractivity contribution in [2.45, 2.75) is 72.3 Å². The van der Waals surface area contributed by atoms with Gasteiger partial charge in [0.1, 0.15) is 5.56 Å². The molecule has 1 N–H and O–H groups in total. The minimum Gasteiger partial charge on any atom is -0.493 e. The monoisotopic (exact) mass is 499 g/mol. The highest BCUT2D eigenvalue weighted by molar-refractivity contribution is 5.88. The molecule has 36 heavy (non-hydrogen) atoms. The van der Waals surface area contributed by atoms with Gasteiger partial charge in [-0.2, -0.15) is 0 Å². The van der Waals surface area contributed by atoms with Gasteiger partial charge in [0.15, 0.2) is 16.9 Å². The van der Waals surface area contributed by atoms with Crippen molar-refractivity contribution >= 4 is 5.97 Å². The number of hydrogen-bond donors (Lipinski definition) is 1. The normalized spacial score (nSPS) is 17.8. The number of rotatable bonds is 12. The molecule has 0 fully saturated rings. The van der Waals surface area contributed by atoms with Crippen LogP contribution in [-0.2, 0) is 4.74 Å². The number of pyridine rings is 1. The van der Waals surface area contributed by atoms with Gasteiger partial charge in [0.25, 0.3) is 0 Å². The molecule has 1 aromatic carbocycles. The number of methoxy groups -OCH3 is 2. The molecule has 0 amide bonds. The number of fused-ring (bicyclic) bond motifs is 3. The zero-order valence-electron chi connectivity index (χ0n) is 22.7. The van der Waals surface area contributed by atoms with Crippen LogP contribution in [0.3, 0.4) is 0 Å². The maximum absolute atomic E-state index is 12.9. The Bertz CT molecular complexity index is 1140. The Kier molecular flexibility index (Phi) is 8.88. The van der Waals surface area contributed by atoms with E-state index in [0.717, 1.165) is 42.5 Å². The summed E-state index contributed by atoms with van der Waals surface area (Å²) in [5, 5.41) is 9.76. The minimum atomic E-state index is -1.20. The van der Waals surface area contributed by atoms with Crippen LogP contribution in [0.4, 0.5) is 0 Å². The number of benzene rings is 1. The lowest BCUT2D eigenvalue weighted by molar-refractivity contribution is 0.0692. The van der Waals surface area contributed by atoms with Crippen molar-refractivity contribution in [1.29, 1.82) is 0 Å². The summed E-state index contributed by atoms with van der Waals surface area (Å²) in [5.74, 6) is 0.453. The first kappa shape index (κ1) is 27.8. The first-order valence-electron chi connectivity index (χ1n) is 12.9. The number of nitrogens with zero attached hydrogens (tertiary/aromatic N) is 1.